The van der Waals surface area contributed by atoms with Gasteiger partial charge in [-0.25, -0.2) is 0 Å². The minimum Gasteiger partial charge on any atom is -0.457 e. The Morgan fingerprint density at radius 3 is 1.44 bits per heavy atom. The zero-order chi connectivity index (χ0) is 42.2. The van der Waals surface area contributed by atoms with Crippen LogP contribution in [0.5, 0.6) is 11.5 Å². The molecule has 2 aliphatic heterocycles. The quantitative estimate of drug-likeness (QED) is 0.120. The van der Waals surface area contributed by atoms with Crippen LogP contribution in [0.25, 0.3) is 49.7 Å². The second-order valence-electron chi connectivity index (χ2n) is 17.1. The maximum absolute atomic E-state index is 6.81. The first-order valence-electron chi connectivity index (χ1n) is 22.2. The number of benzene rings is 10. The molecular formula is C61H41NOSi. The van der Waals surface area contributed by atoms with Crippen LogP contribution in [0, 0.1) is 0 Å². The molecule has 3 heteroatoms. The molecule has 0 amide bonds. The molecule has 3 heterocycles. The zero-order valence-electron chi connectivity index (χ0n) is 35.0. The molecule has 64 heavy (non-hydrogen) atoms. The van der Waals surface area contributed by atoms with Crippen LogP contribution >= 0.6 is 0 Å². The predicted octanol–water partition coefficient (Wildman–Crippen LogP) is 12.3. The summed E-state index contributed by atoms with van der Waals surface area (Å²) in [7, 11) is -3.15. The third-order valence-electron chi connectivity index (χ3n) is 14.0. The second kappa shape index (κ2) is 14.3. The highest BCUT2D eigenvalue weighted by Crippen LogP contribution is 2.60. The second-order valence-corrected chi connectivity index (χ2v) is 21.0. The van der Waals surface area contributed by atoms with Gasteiger partial charge in [0.15, 0.2) is 8.07 Å². The molecule has 0 N–H and O–H groups in total. The molecule has 0 bridgehead atoms. The van der Waals surface area contributed by atoms with Crippen molar-refractivity contribution in [2.45, 2.75) is 5.41 Å². The Morgan fingerprint density at radius 1 is 0.328 bits per heavy atom. The number of aromatic nitrogens is 1. The predicted molar refractivity (Wildman–Crippen MR) is 267 cm³/mol. The van der Waals surface area contributed by atoms with E-state index < -0.39 is 13.5 Å². The Hall–Kier alpha value is -7.98. The Kier molecular flexibility index (Phi) is 8.18. The van der Waals surface area contributed by atoms with Gasteiger partial charge in [-0.15, -0.1) is 0 Å². The summed E-state index contributed by atoms with van der Waals surface area (Å²) in [5, 5.41) is 7.82. The van der Waals surface area contributed by atoms with Crippen LogP contribution in [0.2, 0.25) is 0 Å². The molecule has 11 aromatic rings. The SMILES string of the molecule is c1ccc(-c2cc(-c3ccccc3)cc([Si](c3ccccc3)(c3ccccc3)c3ccc4c(c3)-n3c5ccccc5c5cccc(c53)C43c4ccccc4Oc4ccccc43)c2)cc1. The topological polar surface area (TPSA) is 14.2 Å². The first kappa shape index (κ1) is 36.7. The number of ether oxygens (including phenoxy) is 1. The molecule has 2 nitrogen and oxygen atoms in total. The van der Waals surface area contributed by atoms with Crippen molar-refractivity contribution in [3.63, 3.8) is 0 Å². The zero-order valence-corrected chi connectivity index (χ0v) is 36.0. The summed E-state index contributed by atoms with van der Waals surface area (Å²) >= 11 is 0. The van der Waals surface area contributed by atoms with Gasteiger partial charge in [-0.05, 0) is 84.5 Å². The van der Waals surface area contributed by atoms with Crippen LogP contribution in [-0.2, 0) is 5.41 Å². The summed E-state index contributed by atoms with van der Waals surface area (Å²) in [6.07, 6.45) is 0. The van der Waals surface area contributed by atoms with Crippen molar-refractivity contribution in [3.8, 4) is 39.4 Å². The van der Waals surface area contributed by atoms with Crippen LogP contribution in [0.4, 0.5) is 0 Å². The van der Waals surface area contributed by atoms with Crippen LogP contribution < -0.4 is 25.5 Å². The molecule has 1 aromatic heterocycles. The smallest absolute Gasteiger partial charge is 0.179 e. The molecule has 0 saturated heterocycles. The lowest BCUT2D eigenvalue weighted by atomic mass is 9.62. The first-order valence-corrected chi connectivity index (χ1v) is 24.2. The lowest BCUT2D eigenvalue weighted by Crippen LogP contribution is -2.74. The summed E-state index contributed by atoms with van der Waals surface area (Å²) in [4.78, 5) is 0. The highest BCUT2D eigenvalue weighted by Gasteiger charge is 2.51. The van der Waals surface area contributed by atoms with E-state index in [0.29, 0.717) is 0 Å². The van der Waals surface area contributed by atoms with E-state index >= 15 is 0 Å². The van der Waals surface area contributed by atoms with Gasteiger partial charge in [0.1, 0.15) is 11.5 Å². The Balaban J connectivity index is 1.21. The van der Waals surface area contributed by atoms with Gasteiger partial charge < -0.3 is 9.30 Å². The number of para-hydroxylation sites is 4. The summed E-state index contributed by atoms with van der Waals surface area (Å²) in [6.45, 7) is 0. The normalized spacial score (nSPS) is 13.2. The van der Waals surface area contributed by atoms with Gasteiger partial charge in [0, 0.05) is 21.9 Å². The maximum atomic E-state index is 6.81. The molecule has 0 unspecified atom stereocenters. The number of hydrogen-bond acceptors (Lipinski definition) is 1. The number of nitrogens with zero attached hydrogens (tertiary/aromatic N) is 1. The van der Waals surface area contributed by atoms with E-state index in [-0.39, 0.29) is 0 Å². The molecule has 0 saturated carbocycles. The molecule has 2 aliphatic rings. The Labute approximate surface area is 374 Å². The lowest BCUT2D eigenvalue weighted by Gasteiger charge is -2.45. The van der Waals surface area contributed by atoms with Gasteiger partial charge >= 0.3 is 0 Å². The van der Waals surface area contributed by atoms with Gasteiger partial charge in [0.2, 0.25) is 0 Å². The average molecular weight is 832 g/mol. The minimum atomic E-state index is -3.15. The fourth-order valence-corrected chi connectivity index (χ4v) is 16.2. The first-order chi connectivity index (χ1) is 31.7. The van der Waals surface area contributed by atoms with Crippen molar-refractivity contribution in [2.24, 2.45) is 0 Å². The number of hydrogen-bond donors (Lipinski definition) is 0. The summed E-state index contributed by atoms with van der Waals surface area (Å²) in [5.74, 6) is 1.78. The van der Waals surface area contributed by atoms with Gasteiger partial charge in [0.05, 0.1) is 22.1 Å². The van der Waals surface area contributed by atoms with Crippen LogP contribution in [0.1, 0.15) is 22.3 Å². The standard InChI is InChI=1S/C61H41NOSi/c1-5-20-42(21-6-1)44-38-45(43-22-7-2-8-23-43)40-49(39-44)64(46-24-9-3-10-25-46,47-26-11-4-12-27-47)48-36-37-52-57(41-48)62-56-33-16-13-28-50(56)51-29-19-32-55(60(51)62)61(52)53-30-14-17-34-58(53)63-59-35-18-15-31-54(59)61/h1-41H. The summed E-state index contributed by atoms with van der Waals surface area (Å²) < 4.78 is 9.39. The summed E-state index contributed by atoms with van der Waals surface area (Å²) in [5.41, 5.74) is 12.6. The molecule has 0 aliphatic carbocycles. The molecule has 0 radical (unpaired) electrons. The van der Waals surface area contributed by atoms with E-state index in [1.54, 1.807) is 0 Å². The monoisotopic (exact) mass is 831 g/mol. The van der Waals surface area contributed by atoms with Crippen molar-refractivity contribution in [3.05, 3.63) is 271 Å². The lowest BCUT2D eigenvalue weighted by molar-refractivity contribution is 0.434. The highest BCUT2D eigenvalue weighted by atomic mass is 28.3. The summed E-state index contributed by atoms with van der Waals surface area (Å²) in [6, 6.07) is 92.6. The van der Waals surface area contributed by atoms with Gasteiger partial charge in [-0.1, -0.05) is 218 Å². The van der Waals surface area contributed by atoms with Crippen molar-refractivity contribution in [1.82, 2.24) is 4.57 Å². The van der Waals surface area contributed by atoms with Gasteiger partial charge in [-0.3, -0.25) is 0 Å². The average Bonchev–Trinajstić information content (AvgIpc) is 3.72. The highest BCUT2D eigenvalue weighted by molar-refractivity contribution is 7.20. The molecular weight excluding hydrogens is 791 g/mol. The minimum absolute atomic E-state index is 0.652. The third-order valence-corrected chi connectivity index (χ3v) is 18.7. The van der Waals surface area contributed by atoms with Crippen molar-refractivity contribution >= 4 is 50.6 Å². The fraction of sp³-hybridized carbons (Fsp3) is 0.0164. The molecule has 13 rings (SSSR count). The van der Waals surface area contributed by atoms with Crippen LogP contribution in [0.15, 0.2) is 249 Å². The number of rotatable bonds is 6. The van der Waals surface area contributed by atoms with E-state index in [9.17, 15) is 0 Å². The molecule has 10 aromatic carbocycles. The Bertz CT molecular complexity index is 3440. The molecule has 1 spiro atoms. The maximum Gasteiger partial charge on any atom is 0.179 e. The largest absolute Gasteiger partial charge is 0.457 e. The fourth-order valence-electron chi connectivity index (χ4n) is 11.4. The van der Waals surface area contributed by atoms with E-state index in [1.807, 2.05) is 0 Å². The van der Waals surface area contributed by atoms with E-state index in [2.05, 4.69) is 253 Å². The Morgan fingerprint density at radius 2 is 0.828 bits per heavy atom. The van der Waals surface area contributed by atoms with E-state index in [1.165, 1.54) is 81.6 Å². The van der Waals surface area contributed by atoms with Crippen LogP contribution in [0.3, 0.4) is 0 Å². The van der Waals surface area contributed by atoms with Gasteiger partial charge in [-0.2, -0.15) is 0 Å². The molecule has 0 atom stereocenters. The molecule has 0 fully saturated rings. The van der Waals surface area contributed by atoms with E-state index in [4.69, 9.17) is 4.74 Å². The van der Waals surface area contributed by atoms with Gasteiger partial charge in [0.25, 0.3) is 0 Å². The van der Waals surface area contributed by atoms with Crippen molar-refractivity contribution in [1.29, 1.82) is 0 Å². The van der Waals surface area contributed by atoms with Crippen molar-refractivity contribution in [2.75, 3.05) is 0 Å². The van der Waals surface area contributed by atoms with Crippen molar-refractivity contribution < 1.29 is 4.74 Å². The van der Waals surface area contributed by atoms with E-state index in [0.717, 1.165) is 22.6 Å². The van der Waals surface area contributed by atoms with Crippen LogP contribution in [-0.4, -0.2) is 12.6 Å². The number of fused-ring (bicyclic) bond motifs is 11. The molecule has 300 valence electrons. The third kappa shape index (κ3) is 5.13.